The van der Waals surface area contributed by atoms with E-state index in [-0.39, 0.29) is 17.1 Å². The highest BCUT2D eigenvalue weighted by atomic mass is 35.5. The fourth-order valence-corrected chi connectivity index (χ4v) is 1.30. The molecule has 7 heteroatoms. The molecule has 0 saturated carbocycles. The van der Waals surface area contributed by atoms with Crippen molar-refractivity contribution in [2.75, 3.05) is 7.11 Å². The van der Waals surface area contributed by atoms with E-state index < -0.39 is 23.5 Å². The van der Waals surface area contributed by atoms with Gasteiger partial charge in [-0.1, -0.05) is 11.6 Å². The Morgan fingerprint density at radius 3 is 2.75 bits per heavy atom. The van der Waals surface area contributed by atoms with E-state index in [1.54, 1.807) is 0 Å². The van der Waals surface area contributed by atoms with Gasteiger partial charge >= 0.3 is 5.97 Å². The molecule has 0 aliphatic rings. The number of halogens is 3. The van der Waals surface area contributed by atoms with Crippen LogP contribution in [0.4, 0.5) is 8.78 Å². The molecule has 4 nitrogen and oxygen atoms in total. The number of esters is 1. The summed E-state index contributed by atoms with van der Waals surface area (Å²) in [6, 6.07) is 0.851. The van der Waals surface area contributed by atoms with E-state index in [4.69, 9.17) is 11.6 Å². The number of methoxy groups -OCH3 is 1. The van der Waals surface area contributed by atoms with Crippen LogP contribution in [0.1, 0.15) is 17.7 Å². The Balaban J connectivity index is 3.11. The topological polar surface area (TPSA) is 59.2 Å². The SMILES string of the molecule is COC(=O)Cc1[nH]c(=O)c(C(F)F)cc1Cl. The van der Waals surface area contributed by atoms with Gasteiger partial charge in [-0.3, -0.25) is 9.59 Å². The maximum Gasteiger partial charge on any atom is 0.311 e. The molecule has 0 fully saturated rings. The average Bonchev–Trinajstić information content (AvgIpc) is 2.22. The molecular weight excluding hydrogens is 244 g/mol. The second-order valence-electron chi connectivity index (χ2n) is 2.93. The van der Waals surface area contributed by atoms with Crippen LogP contribution >= 0.6 is 11.6 Å². The van der Waals surface area contributed by atoms with Crippen LogP contribution in [0.3, 0.4) is 0 Å². The van der Waals surface area contributed by atoms with Crippen LogP contribution in [-0.4, -0.2) is 18.1 Å². The van der Waals surface area contributed by atoms with Gasteiger partial charge < -0.3 is 9.72 Å². The molecule has 0 saturated heterocycles. The van der Waals surface area contributed by atoms with Gasteiger partial charge in [-0.25, -0.2) is 8.78 Å². The van der Waals surface area contributed by atoms with E-state index in [1.807, 2.05) is 0 Å². The smallest absolute Gasteiger partial charge is 0.311 e. The Morgan fingerprint density at radius 2 is 2.25 bits per heavy atom. The lowest BCUT2D eigenvalue weighted by Gasteiger charge is -2.05. The summed E-state index contributed by atoms with van der Waals surface area (Å²) < 4.78 is 29.0. The zero-order valence-corrected chi connectivity index (χ0v) is 8.98. The zero-order valence-electron chi connectivity index (χ0n) is 8.22. The van der Waals surface area contributed by atoms with Gasteiger partial charge in [0, 0.05) is 5.69 Å². The molecule has 16 heavy (non-hydrogen) atoms. The maximum absolute atomic E-state index is 12.3. The van der Waals surface area contributed by atoms with Gasteiger partial charge in [-0.2, -0.15) is 0 Å². The number of rotatable bonds is 3. The molecule has 0 unspecified atom stereocenters. The molecule has 1 heterocycles. The lowest BCUT2D eigenvalue weighted by Crippen LogP contribution is -2.17. The second kappa shape index (κ2) is 5.07. The number of pyridine rings is 1. The lowest BCUT2D eigenvalue weighted by molar-refractivity contribution is -0.139. The van der Waals surface area contributed by atoms with Crippen LogP contribution in [0.25, 0.3) is 0 Å². The lowest BCUT2D eigenvalue weighted by atomic mass is 10.2. The molecule has 1 N–H and O–H groups in total. The van der Waals surface area contributed by atoms with Crippen molar-refractivity contribution < 1.29 is 18.3 Å². The zero-order chi connectivity index (χ0) is 12.3. The molecule has 0 atom stereocenters. The highest BCUT2D eigenvalue weighted by molar-refractivity contribution is 6.31. The minimum absolute atomic E-state index is 0.0583. The Labute approximate surface area is 94.2 Å². The first-order valence-electron chi connectivity index (χ1n) is 4.22. The molecule has 0 bridgehead atoms. The number of nitrogens with one attached hydrogen (secondary N) is 1. The van der Waals surface area contributed by atoms with Crippen LogP contribution in [0.2, 0.25) is 5.02 Å². The number of H-pyrrole nitrogens is 1. The number of aromatic nitrogens is 1. The Hall–Kier alpha value is -1.43. The minimum atomic E-state index is -2.91. The van der Waals surface area contributed by atoms with Crippen LogP contribution in [0, 0.1) is 0 Å². The van der Waals surface area contributed by atoms with E-state index in [9.17, 15) is 18.4 Å². The predicted molar refractivity (Wildman–Crippen MR) is 52.7 cm³/mol. The fraction of sp³-hybridized carbons (Fsp3) is 0.333. The van der Waals surface area contributed by atoms with Crippen molar-refractivity contribution >= 4 is 17.6 Å². The van der Waals surface area contributed by atoms with Gasteiger partial charge in [0.1, 0.15) is 0 Å². The number of ether oxygens (including phenoxy) is 1. The molecule has 0 radical (unpaired) electrons. The van der Waals surface area contributed by atoms with Gasteiger partial charge in [0.25, 0.3) is 12.0 Å². The minimum Gasteiger partial charge on any atom is -0.469 e. The summed E-state index contributed by atoms with van der Waals surface area (Å²) in [7, 11) is 1.17. The van der Waals surface area contributed by atoms with E-state index >= 15 is 0 Å². The van der Waals surface area contributed by atoms with Crippen molar-refractivity contribution in [1.29, 1.82) is 0 Å². The molecule has 0 aromatic carbocycles. The van der Waals surface area contributed by atoms with Gasteiger partial charge in [-0.05, 0) is 6.07 Å². The molecule has 0 amide bonds. The summed E-state index contributed by atoms with van der Waals surface area (Å²) >= 11 is 5.64. The van der Waals surface area contributed by atoms with Gasteiger partial charge in [0.15, 0.2) is 0 Å². The summed E-state index contributed by atoms with van der Waals surface area (Å²) in [6.45, 7) is 0. The number of hydrogen-bond acceptors (Lipinski definition) is 3. The third kappa shape index (κ3) is 2.79. The standard InChI is InChI=1S/C9H8ClF2NO3/c1-16-7(14)3-6-5(10)2-4(8(11)12)9(15)13-6/h2,8H,3H2,1H3,(H,13,15). The number of aromatic amines is 1. The molecule has 1 aromatic rings. The van der Waals surface area contributed by atoms with Gasteiger partial charge in [-0.15, -0.1) is 0 Å². The summed E-state index contributed by atoms with van der Waals surface area (Å²) in [4.78, 5) is 24.2. The summed E-state index contributed by atoms with van der Waals surface area (Å²) in [6.07, 6.45) is -3.18. The van der Waals surface area contributed by atoms with Crippen molar-refractivity contribution in [1.82, 2.24) is 4.98 Å². The van der Waals surface area contributed by atoms with Crippen molar-refractivity contribution in [2.45, 2.75) is 12.8 Å². The quantitative estimate of drug-likeness (QED) is 0.832. The highest BCUT2D eigenvalue weighted by Crippen LogP contribution is 2.20. The first-order valence-corrected chi connectivity index (χ1v) is 4.60. The third-order valence-electron chi connectivity index (χ3n) is 1.88. The fourth-order valence-electron chi connectivity index (χ4n) is 1.07. The molecule has 88 valence electrons. The molecular formula is C9H8ClF2NO3. The predicted octanol–water partition coefficient (Wildman–Crippen LogP) is 1.68. The van der Waals surface area contributed by atoms with Crippen LogP contribution in [0.15, 0.2) is 10.9 Å². The molecule has 1 aromatic heterocycles. The van der Waals surface area contributed by atoms with E-state index in [1.165, 1.54) is 7.11 Å². The first-order chi connectivity index (χ1) is 7.45. The van der Waals surface area contributed by atoms with Crippen LogP contribution in [-0.2, 0) is 16.0 Å². The summed E-state index contributed by atoms with van der Waals surface area (Å²) in [5.41, 5.74) is -1.63. The highest BCUT2D eigenvalue weighted by Gasteiger charge is 2.16. The van der Waals surface area contributed by atoms with Crippen molar-refractivity contribution in [3.63, 3.8) is 0 Å². The number of carbonyl (C=O) groups excluding carboxylic acids is 1. The maximum atomic E-state index is 12.3. The van der Waals surface area contributed by atoms with E-state index in [2.05, 4.69) is 9.72 Å². The summed E-state index contributed by atoms with van der Waals surface area (Å²) in [5.74, 6) is -0.623. The molecule has 1 rings (SSSR count). The Morgan fingerprint density at radius 1 is 1.62 bits per heavy atom. The number of hydrogen-bond donors (Lipinski definition) is 1. The van der Waals surface area contributed by atoms with Gasteiger partial charge in [0.05, 0.1) is 24.1 Å². The van der Waals surface area contributed by atoms with Crippen molar-refractivity contribution in [3.05, 3.63) is 32.7 Å². The Kier molecular flexibility index (Phi) is 4.00. The molecule has 0 aliphatic carbocycles. The number of alkyl halides is 2. The normalized spacial score (nSPS) is 10.6. The van der Waals surface area contributed by atoms with Crippen LogP contribution in [0.5, 0.6) is 0 Å². The largest absolute Gasteiger partial charge is 0.469 e. The number of carbonyl (C=O) groups is 1. The van der Waals surface area contributed by atoms with E-state index in [0.717, 1.165) is 6.07 Å². The first kappa shape index (κ1) is 12.6. The second-order valence-corrected chi connectivity index (χ2v) is 3.34. The average molecular weight is 252 g/mol. The monoisotopic (exact) mass is 251 g/mol. The molecule has 0 aliphatic heterocycles. The van der Waals surface area contributed by atoms with Crippen molar-refractivity contribution in [3.8, 4) is 0 Å². The third-order valence-corrected chi connectivity index (χ3v) is 2.22. The summed E-state index contributed by atoms with van der Waals surface area (Å²) in [5, 5.41) is -0.0969. The van der Waals surface area contributed by atoms with Gasteiger partial charge in [0.2, 0.25) is 0 Å². The molecule has 0 spiro atoms. The van der Waals surface area contributed by atoms with Crippen LogP contribution < -0.4 is 5.56 Å². The Bertz CT molecular complexity index is 459. The van der Waals surface area contributed by atoms with E-state index in [0.29, 0.717) is 0 Å². The van der Waals surface area contributed by atoms with Crippen molar-refractivity contribution in [2.24, 2.45) is 0 Å².